The van der Waals surface area contributed by atoms with E-state index >= 15 is 0 Å². The van der Waals surface area contributed by atoms with E-state index in [0.717, 1.165) is 26.1 Å². The highest BCUT2D eigenvalue weighted by atomic mass is 16.5. The molecular weight excluding hydrogens is 192 g/mol. The Balaban J connectivity index is 1.79. The van der Waals surface area contributed by atoms with Gasteiger partial charge in [-0.1, -0.05) is 0 Å². The van der Waals surface area contributed by atoms with Gasteiger partial charge in [-0.25, -0.2) is 0 Å². The third-order valence-electron chi connectivity index (χ3n) is 2.63. The first-order valence-corrected chi connectivity index (χ1v) is 5.94. The van der Waals surface area contributed by atoms with Crippen molar-refractivity contribution in [3.8, 4) is 0 Å². The second kappa shape index (κ2) is 9.09. The molecular formula is C11H24N2O2. The summed E-state index contributed by atoms with van der Waals surface area (Å²) in [5.41, 5.74) is 0. The lowest BCUT2D eigenvalue weighted by Gasteiger charge is -2.23. The molecule has 0 bridgehead atoms. The van der Waals surface area contributed by atoms with Gasteiger partial charge in [-0.2, -0.15) is 0 Å². The van der Waals surface area contributed by atoms with Crippen molar-refractivity contribution in [1.29, 1.82) is 0 Å². The van der Waals surface area contributed by atoms with Crippen molar-refractivity contribution in [2.24, 2.45) is 0 Å². The number of ether oxygens (including phenoxy) is 2. The van der Waals surface area contributed by atoms with Crippen molar-refractivity contribution in [3.63, 3.8) is 0 Å². The molecule has 0 aromatic rings. The molecule has 1 rings (SSSR count). The number of hydrogen-bond acceptors (Lipinski definition) is 4. The summed E-state index contributed by atoms with van der Waals surface area (Å²) >= 11 is 0. The second-order valence-electron chi connectivity index (χ2n) is 3.96. The van der Waals surface area contributed by atoms with E-state index in [1.807, 2.05) is 0 Å². The van der Waals surface area contributed by atoms with E-state index in [2.05, 4.69) is 10.6 Å². The highest BCUT2D eigenvalue weighted by Gasteiger charge is 2.10. The van der Waals surface area contributed by atoms with Crippen molar-refractivity contribution in [2.45, 2.75) is 25.3 Å². The zero-order chi connectivity index (χ0) is 10.8. The maximum absolute atomic E-state index is 5.38. The lowest BCUT2D eigenvalue weighted by Crippen LogP contribution is -2.43. The standard InChI is InChI=1S/C11H24N2O2/c1-14-8-9-15-7-3-6-13-11-4-2-5-12-10-11/h11-13H,2-10H2,1H3. The van der Waals surface area contributed by atoms with Gasteiger partial charge in [0, 0.05) is 26.3 Å². The monoisotopic (exact) mass is 216 g/mol. The molecule has 1 aliphatic rings. The van der Waals surface area contributed by atoms with Crippen LogP contribution in [0.5, 0.6) is 0 Å². The minimum absolute atomic E-state index is 0.665. The maximum atomic E-state index is 5.38. The van der Waals surface area contributed by atoms with Gasteiger partial charge in [-0.3, -0.25) is 0 Å². The molecule has 0 aromatic carbocycles. The third-order valence-corrected chi connectivity index (χ3v) is 2.63. The quantitative estimate of drug-likeness (QED) is 0.576. The first-order valence-electron chi connectivity index (χ1n) is 5.94. The molecule has 0 aliphatic carbocycles. The third kappa shape index (κ3) is 6.84. The molecule has 4 heteroatoms. The van der Waals surface area contributed by atoms with Gasteiger partial charge in [0.1, 0.15) is 0 Å². The van der Waals surface area contributed by atoms with Crippen LogP contribution in [-0.2, 0) is 9.47 Å². The van der Waals surface area contributed by atoms with E-state index in [4.69, 9.17) is 9.47 Å². The molecule has 0 aromatic heterocycles. The van der Waals surface area contributed by atoms with Gasteiger partial charge >= 0.3 is 0 Å². The molecule has 15 heavy (non-hydrogen) atoms. The summed E-state index contributed by atoms with van der Waals surface area (Å²) in [6.07, 6.45) is 3.68. The van der Waals surface area contributed by atoms with Crippen LogP contribution in [0, 0.1) is 0 Å². The Labute approximate surface area is 92.7 Å². The molecule has 1 unspecified atom stereocenters. The summed E-state index contributed by atoms with van der Waals surface area (Å²) in [5.74, 6) is 0. The SMILES string of the molecule is COCCOCCCNC1CCCNC1. The fourth-order valence-electron chi connectivity index (χ4n) is 1.75. The summed E-state index contributed by atoms with van der Waals surface area (Å²) in [6.45, 7) is 5.58. The van der Waals surface area contributed by atoms with Crippen molar-refractivity contribution < 1.29 is 9.47 Å². The maximum Gasteiger partial charge on any atom is 0.0700 e. The first-order chi connectivity index (χ1) is 7.43. The number of rotatable bonds is 8. The summed E-state index contributed by atoms with van der Waals surface area (Å²) in [5, 5.41) is 6.93. The van der Waals surface area contributed by atoms with Crippen molar-refractivity contribution in [1.82, 2.24) is 10.6 Å². The number of nitrogens with one attached hydrogen (secondary N) is 2. The number of piperidine rings is 1. The summed E-state index contributed by atoms with van der Waals surface area (Å²) < 4.78 is 10.3. The summed E-state index contributed by atoms with van der Waals surface area (Å²) in [6, 6.07) is 0.665. The Hall–Kier alpha value is -0.160. The van der Waals surface area contributed by atoms with Crippen LogP contribution in [0.25, 0.3) is 0 Å². The van der Waals surface area contributed by atoms with Gasteiger partial charge in [0.25, 0.3) is 0 Å². The molecule has 1 fully saturated rings. The van der Waals surface area contributed by atoms with Crippen LogP contribution in [0.15, 0.2) is 0 Å². The van der Waals surface area contributed by atoms with Gasteiger partial charge < -0.3 is 20.1 Å². The topological polar surface area (TPSA) is 42.5 Å². The van der Waals surface area contributed by atoms with E-state index in [0.29, 0.717) is 19.3 Å². The predicted molar refractivity (Wildman–Crippen MR) is 61.2 cm³/mol. The van der Waals surface area contributed by atoms with Gasteiger partial charge in [-0.05, 0) is 32.4 Å². The largest absolute Gasteiger partial charge is 0.382 e. The van der Waals surface area contributed by atoms with Crippen LogP contribution < -0.4 is 10.6 Å². The Morgan fingerprint density at radius 3 is 3.00 bits per heavy atom. The molecule has 2 N–H and O–H groups in total. The number of hydrogen-bond donors (Lipinski definition) is 2. The van der Waals surface area contributed by atoms with Crippen LogP contribution in [0.3, 0.4) is 0 Å². The van der Waals surface area contributed by atoms with Crippen molar-refractivity contribution in [2.75, 3.05) is 46.6 Å². The zero-order valence-electron chi connectivity index (χ0n) is 9.76. The minimum atomic E-state index is 0.665. The Kier molecular flexibility index (Phi) is 7.83. The Morgan fingerprint density at radius 2 is 2.27 bits per heavy atom. The van der Waals surface area contributed by atoms with E-state index in [1.165, 1.54) is 19.4 Å². The lowest BCUT2D eigenvalue weighted by atomic mass is 10.1. The normalized spacial score (nSPS) is 21.8. The van der Waals surface area contributed by atoms with Crippen LogP contribution >= 0.6 is 0 Å². The second-order valence-corrected chi connectivity index (χ2v) is 3.96. The predicted octanol–water partition coefficient (Wildman–Crippen LogP) is 0.381. The van der Waals surface area contributed by atoms with E-state index in [9.17, 15) is 0 Å². The first kappa shape index (κ1) is 12.9. The molecule has 1 saturated heterocycles. The average molecular weight is 216 g/mol. The molecule has 1 aliphatic heterocycles. The Morgan fingerprint density at radius 1 is 1.33 bits per heavy atom. The van der Waals surface area contributed by atoms with Crippen LogP contribution in [0.1, 0.15) is 19.3 Å². The van der Waals surface area contributed by atoms with Gasteiger partial charge in [-0.15, -0.1) is 0 Å². The molecule has 0 radical (unpaired) electrons. The summed E-state index contributed by atoms with van der Waals surface area (Å²) in [4.78, 5) is 0. The molecule has 4 nitrogen and oxygen atoms in total. The zero-order valence-corrected chi connectivity index (χ0v) is 9.76. The van der Waals surface area contributed by atoms with Gasteiger partial charge in [0.15, 0.2) is 0 Å². The van der Waals surface area contributed by atoms with Crippen LogP contribution in [0.4, 0.5) is 0 Å². The fourth-order valence-corrected chi connectivity index (χ4v) is 1.75. The molecule has 0 amide bonds. The molecule has 90 valence electrons. The van der Waals surface area contributed by atoms with Crippen LogP contribution in [-0.4, -0.2) is 52.6 Å². The fraction of sp³-hybridized carbons (Fsp3) is 1.00. The summed E-state index contributed by atoms with van der Waals surface area (Å²) in [7, 11) is 1.70. The van der Waals surface area contributed by atoms with Crippen molar-refractivity contribution >= 4 is 0 Å². The van der Waals surface area contributed by atoms with E-state index in [1.54, 1.807) is 7.11 Å². The number of methoxy groups -OCH3 is 1. The van der Waals surface area contributed by atoms with Gasteiger partial charge in [0.05, 0.1) is 13.2 Å². The average Bonchev–Trinajstić information content (AvgIpc) is 2.29. The highest BCUT2D eigenvalue weighted by molar-refractivity contribution is 4.74. The molecule has 1 heterocycles. The smallest absolute Gasteiger partial charge is 0.0700 e. The lowest BCUT2D eigenvalue weighted by molar-refractivity contribution is 0.0691. The van der Waals surface area contributed by atoms with Gasteiger partial charge in [0.2, 0.25) is 0 Å². The molecule has 0 saturated carbocycles. The van der Waals surface area contributed by atoms with E-state index < -0.39 is 0 Å². The molecule has 0 spiro atoms. The van der Waals surface area contributed by atoms with E-state index in [-0.39, 0.29) is 0 Å². The Bertz CT molecular complexity index is 139. The molecule has 1 atom stereocenters. The van der Waals surface area contributed by atoms with Crippen molar-refractivity contribution in [3.05, 3.63) is 0 Å². The van der Waals surface area contributed by atoms with Crippen LogP contribution in [0.2, 0.25) is 0 Å². The minimum Gasteiger partial charge on any atom is -0.382 e. The highest BCUT2D eigenvalue weighted by Crippen LogP contribution is 2.00.